The molecule has 0 amide bonds. The molecule has 0 bridgehead atoms. The van der Waals surface area contributed by atoms with Crippen LogP contribution in [0.3, 0.4) is 0 Å². The van der Waals surface area contributed by atoms with E-state index in [1.165, 1.54) is 17.8 Å². The van der Waals surface area contributed by atoms with Crippen LogP contribution in [0.1, 0.15) is 38.4 Å². The van der Waals surface area contributed by atoms with Gasteiger partial charge in [0.1, 0.15) is 18.5 Å². The van der Waals surface area contributed by atoms with Crippen molar-refractivity contribution in [1.29, 1.82) is 0 Å². The van der Waals surface area contributed by atoms with Gasteiger partial charge < -0.3 is 19.5 Å². The maximum absolute atomic E-state index is 16.4. The molecule has 0 unspecified atom stereocenters. The summed E-state index contributed by atoms with van der Waals surface area (Å²) in [6.45, 7) is 6.02. The van der Waals surface area contributed by atoms with Gasteiger partial charge in [0.25, 0.3) is 0 Å². The number of aromatic nitrogens is 4. The first kappa shape index (κ1) is 25.5. The fourth-order valence-electron chi connectivity index (χ4n) is 4.15. The predicted octanol–water partition coefficient (Wildman–Crippen LogP) is 3.16. The molecule has 2 aromatic heterocycles. The Hall–Kier alpha value is -3.60. The van der Waals surface area contributed by atoms with Gasteiger partial charge in [-0.15, -0.1) is 0 Å². The summed E-state index contributed by atoms with van der Waals surface area (Å²) >= 11 is 0. The molecule has 0 aliphatic carbocycles. The molecule has 1 N–H and O–H groups in total. The number of hydrogen-bond donors (Lipinski definition) is 1. The first-order valence-corrected chi connectivity index (χ1v) is 11.7. The molecule has 1 saturated heterocycles. The fraction of sp³-hybridized carbons (Fsp3) is 0.480. The summed E-state index contributed by atoms with van der Waals surface area (Å²) < 4.78 is 34.9. The number of esters is 2. The Labute approximate surface area is 208 Å². The zero-order valence-electron chi connectivity index (χ0n) is 20.9. The molecule has 4 atom stereocenters. The van der Waals surface area contributed by atoms with E-state index in [0.717, 1.165) is 5.56 Å². The van der Waals surface area contributed by atoms with Crippen LogP contribution in [-0.2, 0) is 30.2 Å². The zero-order chi connectivity index (χ0) is 26.0. The van der Waals surface area contributed by atoms with E-state index in [2.05, 4.69) is 20.3 Å². The van der Waals surface area contributed by atoms with Gasteiger partial charge >= 0.3 is 11.9 Å². The Morgan fingerprint density at radius 2 is 1.97 bits per heavy atom. The summed E-state index contributed by atoms with van der Waals surface area (Å²) in [6.07, 6.45) is -2.16. The summed E-state index contributed by atoms with van der Waals surface area (Å²) in [5, 5.41) is 2.96. The number of alkyl halides is 1. The number of nitrogens with zero attached hydrogens (tertiary/aromatic N) is 4. The Balaban J connectivity index is 1.61. The molecule has 3 aromatic rings. The van der Waals surface area contributed by atoms with Gasteiger partial charge in [-0.2, -0.15) is 0 Å². The number of nitrogens with one attached hydrogen (secondary N) is 1. The van der Waals surface area contributed by atoms with Crippen molar-refractivity contribution in [3.05, 3.63) is 48.0 Å². The maximum Gasteiger partial charge on any atom is 0.310 e. The maximum atomic E-state index is 16.4. The molecule has 3 heterocycles. The minimum Gasteiger partial charge on any atom is -0.463 e. The smallest absolute Gasteiger partial charge is 0.310 e. The number of rotatable bonds is 8. The third-order valence-corrected chi connectivity index (χ3v) is 6.02. The normalized spacial score (nSPS) is 23.7. The standard InChI is InChI=1S/C25H30FN5O5/c1-14(2)23(33)36-20-17(12-34-18(32)11-16-9-7-6-8-10-16)35-24(25(20,4)26)31-13-28-19-21(27-5)29-15(3)30-22(19)31/h6-10,13-14,17,20,24H,11-12H2,1-5H3,(H,27,29,30)/t17-,20-,24-,25-/m1/s1. The van der Waals surface area contributed by atoms with Crippen molar-refractivity contribution in [2.45, 2.75) is 58.2 Å². The average Bonchev–Trinajstić information content (AvgIpc) is 3.35. The molecule has 36 heavy (non-hydrogen) atoms. The number of hydrogen-bond acceptors (Lipinski definition) is 9. The second-order valence-corrected chi connectivity index (χ2v) is 9.23. The minimum absolute atomic E-state index is 0.0511. The summed E-state index contributed by atoms with van der Waals surface area (Å²) in [4.78, 5) is 38.0. The van der Waals surface area contributed by atoms with Gasteiger partial charge in [0.2, 0.25) is 0 Å². The van der Waals surface area contributed by atoms with Gasteiger partial charge in [-0.25, -0.2) is 19.3 Å². The molecule has 0 radical (unpaired) electrons. The van der Waals surface area contributed by atoms with Crippen molar-refractivity contribution >= 4 is 28.9 Å². The van der Waals surface area contributed by atoms with E-state index in [0.29, 0.717) is 22.8 Å². The van der Waals surface area contributed by atoms with Gasteiger partial charge in [-0.3, -0.25) is 14.2 Å². The first-order chi connectivity index (χ1) is 17.1. The Morgan fingerprint density at radius 1 is 1.25 bits per heavy atom. The van der Waals surface area contributed by atoms with Gasteiger partial charge in [0, 0.05) is 7.05 Å². The second-order valence-electron chi connectivity index (χ2n) is 9.23. The van der Waals surface area contributed by atoms with Crippen molar-refractivity contribution < 1.29 is 28.2 Å². The number of imidazole rings is 1. The highest BCUT2D eigenvalue weighted by atomic mass is 19.1. The first-order valence-electron chi connectivity index (χ1n) is 11.7. The Morgan fingerprint density at radius 3 is 2.64 bits per heavy atom. The number of carbonyl (C=O) groups is 2. The average molecular weight is 500 g/mol. The predicted molar refractivity (Wildman–Crippen MR) is 129 cm³/mol. The molecule has 4 rings (SSSR count). The summed E-state index contributed by atoms with van der Waals surface area (Å²) in [7, 11) is 1.70. The van der Waals surface area contributed by atoms with E-state index in [1.54, 1.807) is 27.8 Å². The zero-order valence-corrected chi connectivity index (χ0v) is 20.9. The monoisotopic (exact) mass is 499 g/mol. The molecular formula is C25H30FN5O5. The SMILES string of the molecule is CNc1nc(C)nc2c1ncn2[C@@H]1O[C@H](COC(=O)Cc2ccccc2)[C@@H](OC(=O)C(C)C)[C@@]1(C)F. The van der Waals surface area contributed by atoms with Crippen LogP contribution in [0.25, 0.3) is 11.2 Å². The number of ether oxygens (including phenoxy) is 3. The minimum atomic E-state index is -2.19. The van der Waals surface area contributed by atoms with Gasteiger partial charge in [-0.05, 0) is 19.4 Å². The van der Waals surface area contributed by atoms with Crippen LogP contribution in [0.5, 0.6) is 0 Å². The molecule has 11 heteroatoms. The highest BCUT2D eigenvalue weighted by Crippen LogP contribution is 2.44. The van der Waals surface area contributed by atoms with Crippen molar-refractivity contribution in [3.8, 4) is 0 Å². The molecule has 1 aliphatic rings. The lowest BCUT2D eigenvalue weighted by Crippen LogP contribution is -2.45. The lowest BCUT2D eigenvalue weighted by Gasteiger charge is -2.28. The number of carbonyl (C=O) groups excluding carboxylic acids is 2. The van der Waals surface area contributed by atoms with E-state index in [9.17, 15) is 9.59 Å². The Bertz CT molecular complexity index is 1250. The van der Waals surface area contributed by atoms with Crippen molar-refractivity contribution in [2.24, 2.45) is 5.92 Å². The molecule has 1 aromatic carbocycles. The third kappa shape index (κ3) is 5.01. The Kier molecular flexibility index (Phi) is 7.21. The summed E-state index contributed by atoms with van der Waals surface area (Å²) in [5.74, 6) is -0.619. The third-order valence-electron chi connectivity index (χ3n) is 6.02. The van der Waals surface area contributed by atoms with Gasteiger partial charge in [-0.1, -0.05) is 44.2 Å². The number of fused-ring (bicyclic) bond motifs is 1. The van der Waals surface area contributed by atoms with Crippen LogP contribution in [0, 0.1) is 12.8 Å². The second kappa shape index (κ2) is 10.2. The highest BCUT2D eigenvalue weighted by Gasteiger charge is 2.58. The van der Waals surface area contributed by atoms with Crippen LogP contribution < -0.4 is 5.32 Å². The van der Waals surface area contributed by atoms with E-state index >= 15 is 4.39 Å². The molecule has 0 spiro atoms. The van der Waals surface area contributed by atoms with Crippen molar-refractivity contribution in [1.82, 2.24) is 19.5 Å². The summed E-state index contributed by atoms with van der Waals surface area (Å²) in [5.41, 5.74) is -0.605. The number of benzene rings is 1. The fourth-order valence-corrected chi connectivity index (χ4v) is 4.15. The molecule has 192 valence electrons. The topological polar surface area (TPSA) is 117 Å². The van der Waals surface area contributed by atoms with Crippen molar-refractivity contribution in [2.75, 3.05) is 19.0 Å². The molecule has 0 saturated carbocycles. The lowest BCUT2D eigenvalue weighted by atomic mass is 9.98. The van der Waals surface area contributed by atoms with Crippen LogP contribution >= 0.6 is 0 Å². The quantitative estimate of drug-likeness (QED) is 0.466. The molecule has 1 aliphatic heterocycles. The molecular weight excluding hydrogens is 469 g/mol. The molecule has 10 nitrogen and oxygen atoms in total. The van der Waals surface area contributed by atoms with Crippen LogP contribution in [0.2, 0.25) is 0 Å². The number of halogens is 1. The van der Waals surface area contributed by atoms with Crippen LogP contribution in [-0.4, -0.2) is 63.0 Å². The number of aryl methyl sites for hydroxylation is 1. The van der Waals surface area contributed by atoms with Crippen molar-refractivity contribution in [3.63, 3.8) is 0 Å². The van der Waals surface area contributed by atoms with Gasteiger partial charge in [0.15, 0.2) is 35.0 Å². The summed E-state index contributed by atoms with van der Waals surface area (Å²) in [6, 6.07) is 9.11. The van der Waals surface area contributed by atoms with Crippen LogP contribution in [0.4, 0.5) is 10.2 Å². The lowest BCUT2D eigenvalue weighted by molar-refractivity contribution is -0.164. The van der Waals surface area contributed by atoms with E-state index in [1.807, 2.05) is 30.3 Å². The largest absolute Gasteiger partial charge is 0.463 e. The van der Waals surface area contributed by atoms with E-state index in [4.69, 9.17) is 14.2 Å². The highest BCUT2D eigenvalue weighted by molar-refractivity contribution is 5.83. The van der Waals surface area contributed by atoms with E-state index < -0.39 is 42.0 Å². The van der Waals surface area contributed by atoms with E-state index in [-0.39, 0.29) is 13.0 Å². The van der Waals surface area contributed by atoms with Gasteiger partial charge in [0.05, 0.1) is 18.7 Å². The number of anilines is 1. The van der Waals surface area contributed by atoms with Crippen LogP contribution in [0.15, 0.2) is 36.7 Å². The molecule has 1 fully saturated rings.